The Bertz CT molecular complexity index is 412. The first kappa shape index (κ1) is 16.0. The van der Waals surface area contributed by atoms with Crippen LogP contribution < -0.4 is 5.32 Å². The van der Waals surface area contributed by atoms with Gasteiger partial charge in [0, 0.05) is 25.6 Å². The third-order valence-corrected chi connectivity index (χ3v) is 4.47. The van der Waals surface area contributed by atoms with Crippen molar-refractivity contribution in [2.75, 3.05) is 20.1 Å². The van der Waals surface area contributed by atoms with Gasteiger partial charge in [-0.1, -0.05) is 49.6 Å². The Morgan fingerprint density at radius 1 is 1.19 bits per heavy atom. The van der Waals surface area contributed by atoms with Gasteiger partial charge in [-0.2, -0.15) is 0 Å². The number of nitrogens with one attached hydrogen (secondary N) is 1. The van der Waals surface area contributed by atoms with Gasteiger partial charge in [0.15, 0.2) is 0 Å². The summed E-state index contributed by atoms with van der Waals surface area (Å²) >= 11 is 0. The van der Waals surface area contributed by atoms with Crippen molar-refractivity contribution in [3.05, 3.63) is 35.9 Å². The van der Waals surface area contributed by atoms with E-state index in [2.05, 4.69) is 29.4 Å². The molecule has 0 bridgehead atoms. The van der Waals surface area contributed by atoms with Crippen molar-refractivity contribution >= 4 is 5.91 Å². The Labute approximate surface area is 128 Å². The summed E-state index contributed by atoms with van der Waals surface area (Å²) in [5.41, 5.74) is 1.23. The molecule has 1 N–H and O–H groups in total. The van der Waals surface area contributed by atoms with Crippen LogP contribution in [0.3, 0.4) is 0 Å². The van der Waals surface area contributed by atoms with Gasteiger partial charge < -0.3 is 10.2 Å². The van der Waals surface area contributed by atoms with Gasteiger partial charge in [-0.05, 0) is 31.9 Å². The maximum Gasteiger partial charge on any atom is 0.220 e. The monoisotopic (exact) mass is 288 g/mol. The number of nitrogens with zero attached hydrogens (tertiary/aromatic N) is 1. The van der Waals surface area contributed by atoms with Crippen molar-refractivity contribution in [3.8, 4) is 0 Å². The molecule has 1 aliphatic carbocycles. The number of hydrogen-bond acceptors (Lipinski definition) is 2. The fraction of sp³-hybridized carbons (Fsp3) is 0.611. The lowest BCUT2D eigenvalue weighted by Gasteiger charge is -2.31. The van der Waals surface area contributed by atoms with Gasteiger partial charge >= 0.3 is 0 Å². The number of carbonyl (C=O) groups excluding carboxylic acids is 1. The SMILES string of the molecule is CN(CCNC(=O)CCc1ccccc1)C1CCCCC1. The van der Waals surface area contributed by atoms with Crippen LogP contribution in [-0.2, 0) is 11.2 Å². The average molecular weight is 288 g/mol. The summed E-state index contributed by atoms with van der Waals surface area (Å²) in [4.78, 5) is 14.3. The Morgan fingerprint density at radius 3 is 2.62 bits per heavy atom. The Kier molecular flexibility index (Phi) is 6.74. The fourth-order valence-electron chi connectivity index (χ4n) is 3.07. The van der Waals surface area contributed by atoms with Crippen molar-refractivity contribution < 1.29 is 4.79 Å². The normalized spacial score (nSPS) is 16.1. The minimum absolute atomic E-state index is 0.163. The predicted molar refractivity (Wildman–Crippen MR) is 87.3 cm³/mol. The molecule has 0 atom stereocenters. The fourth-order valence-corrected chi connectivity index (χ4v) is 3.07. The third-order valence-electron chi connectivity index (χ3n) is 4.47. The molecule has 0 aliphatic heterocycles. The average Bonchev–Trinajstić information content (AvgIpc) is 2.54. The van der Waals surface area contributed by atoms with E-state index < -0.39 is 0 Å². The molecule has 0 heterocycles. The van der Waals surface area contributed by atoms with E-state index in [0.29, 0.717) is 6.42 Å². The highest BCUT2D eigenvalue weighted by molar-refractivity contribution is 5.76. The first-order valence-corrected chi connectivity index (χ1v) is 8.26. The van der Waals surface area contributed by atoms with Crippen LogP contribution in [-0.4, -0.2) is 37.0 Å². The van der Waals surface area contributed by atoms with Crippen LogP contribution in [0.15, 0.2) is 30.3 Å². The summed E-state index contributed by atoms with van der Waals surface area (Å²) in [6.45, 7) is 1.72. The summed E-state index contributed by atoms with van der Waals surface area (Å²) < 4.78 is 0. The van der Waals surface area contributed by atoms with E-state index >= 15 is 0 Å². The van der Waals surface area contributed by atoms with Crippen LogP contribution in [0.5, 0.6) is 0 Å². The zero-order valence-electron chi connectivity index (χ0n) is 13.2. The van der Waals surface area contributed by atoms with Crippen LogP contribution in [0.4, 0.5) is 0 Å². The minimum atomic E-state index is 0.163. The lowest BCUT2D eigenvalue weighted by molar-refractivity contribution is -0.121. The molecule has 1 amide bonds. The van der Waals surface area contributed by atoms with E-state index in [1.54, 1.807) is 0 Å². The number of amides is 1. The van der Waals surface area contributed by atoms with E-state index in [-0.39, 0.29) is 5.91 Å². The molecule has 0 radical (unpaired) electrons. The van der Waals surface area contributed by atoms with Crippen LogP contribution in [0.2, 0.25) is 0 Å². The number of rotatable bonds is 7. The number of hydrogen-bond donors (Lipinski definition) is 1. The van der Waals surface area contributed by atoms with Gasteiger partial charge in [-0.25, -0.2) is 0 Å². The molecule has 116 valence electrons. The summed E-state index contributed by atoms with van der Waals surface area (Å²) in [5.74, 6) is 0.163. The van der Waals surface area contributed by atoms with Gasteiger partial charge in [0.05, 0.1) is 0 Å². The zero-order chi connectivity index (χ0) is 14.9. The van der Waals surface area contributed by atoms with Gasteiger partial charge in [0.25, 0.3) is 0 Å². The molecule has 0 unspecified atom stereocenters. The highest BCUT2D eigenvalue weighted by Gasteiger charge is 2.17. The first-order chi connectivity index (χ1) is 10.3. The number of aryl methyl sites for hydroxylation is 1. The van der Waals surface area contributed by atoms with E-state index in [1.807, 2.05) is 18.2 Å². The van der Waals surface area contributed by atoms with Crippen LogP contribution >= 0.6 is 0 Å². The Balaban J connectivity index is 1.58. The van der Waals surface area contributed by atoms with Crippen LogP contribution in [0.25, 0.3) is 0 Å². The van der Waals surface area contributed by atoms with E-state index in [0.717, 1.165) is 25.6 Å². The molecular formula is C18H28N2O. The summed E-state index contributed by atoms with van der Waals surface area (Å²) in [7, 11) is 2.19. The quantitative estimate of drug-likeness (QED) is 0.836. The molecule has 1 aromatic rings. The van der Waals surface area contributed by atoms with Crippen LogP contribution in [0.1, 0.15) is 44.1 Å². The van der Waals surface area contributed by atoms with E-state index in [1.165, 1.54) is 37.7 Å². The molecule has 3 nitrogen and oxygen atoms in total. The molecule has 0 spiro atoms. The maximum atomic E-state index is 11.8. The second-order valence-corrected chi connectivity index (χ2v) is 6.11. The van der Waals surface area contributed by atoms with Gasteiger partial charge in [-0.15, -0.1) is 0 Å². The number of benzene rings is 1. The molecule has 1 aliphatic rings. The van der Waals surface area contributed by atoms with Crippen molar-refractivity contribution in [3.63, 3.8) is 0 Å². The van der Waals surface area contributed by atoms with Crippen molar-refractivity contribution in [1.82, 2.24) is 10.2 Å². The Morgan fingerprint density at radius 2 is 1.90 bits per heavy atom. The molecule has 1 saturated carbocycles. The highest BCUT2D eigenvalue weighted by atomic mass is 16.1. The largest absolute Gasteiger partial charge is 0.355 e. The second kappa shape index (κ2) is 8.83. The summed E-state index contributed by atoms with van der Waals surface area (Å²) in [6, 6.07) is 10.9. The Hall–Kier alpha value is -1.35. The molecule has 0 saturated heterocycles. The second-order valence-electron chi connectivity index (χ2n) is 6.11. The summed E-state index contributed by atoms with van der Waals surface area (Å²) in [5, 5.41) is 3.04. The van der Waals surface area contributed by atoms with Gasteiger partial charge in [0.1, 0.15) is 0 Å². The smallest absolute Gasteiger partial charge is 0.220 e. The molecule has 1 fully saturated rings. The van der Waals surface area contributed by atoms with Gasteiger partial charge in [0.2, 0.25) is 5.91 Å². The molecule has 0 aromatic heterocycles. The standard InChI is InChI=1S/C18H28N2O/c1-20(17-10-6-3-7-11-17)15-14-19-18(21)13-12-16-8-4-2-5-9-16/h2,4-5,8-9,17H,3,6-7,10-15H2,1H3,(H,19,21). The topological polar surface area (TPSA) is 32.3 Å². The van der Waals surface area contributed by atoms with E-state index in [4.69, 9.17) is 0 Å². The zero-order valence-corrected chi connectivity index (χ0v) is 13.2. The highest BCUT2D eigenvalue weighted by Crippen LogP contribution is 2.21. The maximum absolute atomic E-state index is 11.8. The van der Waals surface area contributed by atoms with Gasteiger partial charge in [-0.3, -0.25) is 4.79 Å². The molecule has 2 rings (SSSR count). The van der Waals surface area contributed by atoms with Crippen molar-refractivity contribution in [1.29, 1.82) is 0 Å². The molecular weight excluding hydrogens is 260 g/mol. The number of carbonyl (C=O) groups is 1. The lowest BCUT2D eigenvalue weighted by Crippen LogP contribution is -2.39. The van der Waals surface area contributed by atoms with E-state index in [9.17, 15) is 4.79 Å². The number of likely N-dealkylation sites (N-methyl/N-ethyl adjacent to an activating group) is 1. The van der Waals surface area contributed by atoms with Crippen LogP contribution in [0, 0.1) is 0 Å². The van der Waals surface area contributed by atoms with Crippen molar-refractivity contribution in [2.45, 2.75) is 51.0 Å². The third kappa shape index (κ3) is 5.88. The molecule has 3 heteroatoms. The minimum Gasteiger partial charge on any atom is -0.355 e. The molecule has 1 aromatic carbocycles. The first-order valence-electron chi connectivity index (χ1n) is 8.26. The lowest BCUT2D eigenvalue weighted by atomic mass is 9.94. The molecule has 21 heavy (non-hydrogen) atoms. The summed E-state index contributed by atoms with van der Waals surface area (Å²) in [6.07, 6.45) is 8.15. The van der Waals surface area contributed by atoms with Crippen molar-refractivity contribution in [2.24, 2.45) is 0 Å². The predicted octanol–water partition coefficient (Wildman–Crippen LogP) is 3.00.